The summed E-state index contributed by atoms with van der Waals surface area (Å²) in [7, 11) is 1.58. The fourth-order valence-electron chi connectivity index (χ4n) is 3.34. The number of aliphatic hydroxyl groups is 1. The zero-order chi connectivity index (χ0) is 16.2. The van der Waals surface area contributed by atoms with Gasteiger partial charge in [-0.25, -0.2) is 0 Å². The number of aryl methyl sites for hydroxylation is 1. The molecule has 22 heavy (non-hydrogen) atoms. The number of carbonyl (C=O) groups is 2. The lowest BCUT2D eigenvalue weighted by molar-refractivity contribution is -0.121. The molecular formula is C18H18O4. The lowest BCUT2D eigenvalue weighted by Crippen LogP contribution is -2.36. The van der Waals surface area contributed by atoms with E-state index in [9.17, 15) is 14.7 Å². The fraction of sp³-hybridized carbons (Fsp3) is 0.333. The Morgan fingerprint density at radius 1 is 1.23 bits per heavy atom. The highest BCUT2D eigenvalue weighted by Crippen LogP contribution is 2.49. The number of aliphatic hydroxyl groups excluding tert-OH is 1. The van der Waals surface area contributed by atoms with Crippen molar-refractivity contribution in [3.63, 3.8) is 0 Å². The van der Waals surface area contributed by atoms with E-state index in [4.69, 9.17) is 4.74 Å². The summed E-state index contributed by atoms with van der Waals surface area (Å²) in [6.07, 6.45) is 3.28. The van der Waals surface area contributed by atoms with E-state index in [2.05, 4.69) is 0 Å². The first-order valence-electron chi connectivity index (χ1n) is 7.18. The van der Waals surface area contributed by atoms with Crippen molar-refractivity contribution in [3.05, 3.63) is 52.3 Å². The normalized spacial score (nSPS) is 22.5. The maximum Gasteiger partial charge on any atom is 0.227 e. The summed E-state index contributed by atoms with van der Waals surface area (Å²) in [5.41, 5.74) is 1.66. The highest BCUT2D eigenvalue weighted by molar-refractivity contribution is 6.12. The summed E-state index contributed by atoms with van der Waals surface area (Å²) in [4.78, 5) is 24.7. The van der Waals surface area contributed by atoms with Crippen molar-refractivity contribution in [1.29, 1.82) is 0 Å². The number of rotatable bonds is 1. The van der Waals surface area contributed by atoms with Crippen LogP contribution in [-0.4, -0.2) is 23.8 Å². The molecule has 0 amide bonds. The molecule has 1 atom stereocenters. The second-order valence-corrected chi connectivity index (χ2v) is 6.33. The van der Waals surface area contributed by atoms with Crippen LogP contribution in [0.4, 0.5) is 0 Å². The van der Waals surface area contributed by atoms with Gasteiger partial charge in [0.05, 0.1) is 12.5 Å². The molecule has 0 aliphatic heterocycles. The average molecular weight is 298 g/mol. The molecule has 3 rings (SSSR count). The van der Waals surface area contributed by atoms with Crippen LogP contribution in [0.15, 0.2) is 35.6 Å². The molecule has 0 saturated carbocycles. The lowest BCUT2D eigenvalue weighted by atomic mass is 9.64. The molecule has 4 heteroatoms. The summed E-state index contributed by atoms with van der Waals surface area (Å²) >= 11 is 0. The quantitative estimate of drug-likeness (QED) is 0.864. The largest absolute Gasteiger partial charge is 0.504 e. The Hall–Kier alpha value is -2.36. The van der Waals surface area contributed by atoms with Crippen LogP contribution in [0, 0.1) is 12.3 Å². The third-order valence-corrected chi connectivity index (χ3v) is 4.66. The predicted octanol–water partition coefficient (Wildman–Crippen LogP) is 3.26. The van der Waals surface area contributed by atoms with Gasteiger partial charge in [0.15, 0.2) is 11.5 Å². The first kappa shape index (κ1) is 14.6. The van der Waals surface area contributed by atoms with Gasteiger partial charge in [-0.3, -0.25) is 9.59 Å². The van der Waals surface area contributed by atoms with E-state index in [1.54, 1.807) is 33.1 Å². The van der Waals surface area contributed by atoms with Gasteiger partial charge in [0.1, 0.15) is 5.75 Å². The van der Waals surface area contributed by atoms with E-state index < -0.39 is 11.2 Å². The third kappa shape index (κ3) is 1.76. The van der Waals surface area contributed by atoms with E-state index in [1.165, 1.54) is 6.08 Å². The van der Waals surface area contributed by atoms with Crippen LogP contribution in [0.2, 0.25) is 0 Å². The van der Waals surface area contributed by atoms with Crippen LogP contribution >= 0.6 is 0 Å². The Morgan fingerprint density at radius 3 is 2.55 bits per heavy atom. The molecule has 1 N–H and O–H groups in total. The first-order valence-corrected chi connectivity index (χ1v) is 7.18. The molecule has 0 saturated heterocycles. The Kier molecular flexibility index (Phi) is 3.02. The Bertz CT molecular complexity index is 766. The van der Waals surface area contributed by atoms with Gasteiger partial charge in [0.2, 0.25) is 5.78 Å². The van der Waals surface area contributed by atoms with Gasteiger partial charge in [-0.1, -0.05) is 6.08 Å². The minimum absolute atomic E-state index is 0.111. The molecule has 2 aliphatic rings. The molecule has 0 aromatic heterocycles. The van der Waals surface area contributed by atoms with Crippen molar-refractivity contribution < 1.29 is 19.4 Å². The predicted molar refractivity (Wildman–Crippen MR) is 82.4 cm³/mol. The SMILES string of the molecule is COc1cc2c(cc1C)C(=O)C(O)=C1C2C=CC(=O)C1(C)C. The number of fused-ring (bicyclic) bond motifs is 3. The minimum atomic E-state index is -0.894. The number of ketones is 2. The van der Waals surface area contributed by atoms with Crippen molar-refractivity contribution in [1.82, 2.24) is 0 Å². The van der Waals surface area contributed by atoms with Gasteiger partial charge in [-0.2, -0.15) is 0 Å². The van der Waals surface area contributed by atoms with Crippen LogP contribution in [0.5, 0.6) is 5.75 Å². The molecule has 0 bridgehead atoms. The van der Waals surface area contributed by atoms with Crippen LogP contribution in [0.1, 0.15) is 41.3 Å². The molecule has 0 heterocycles. The van der Waals surface area contributed by atoms with E-state index in [1.807, 2.05) is 13.0 Å². The molecule has 1 unspecified atom stereocenters. The highest BCUT2D eigenvalue weighted by atomic mass is 16.5. The number of benzene rings is 1. The van der Waals surface area contributed by atoms with E-state index in [0.29, 0.717) is 16.9 Å². The monoisotopic (exact) mass is 298 g/mol. The lowest BCUT2D eigenvalue weighted by Gasteiger charge is -2.37. The molecule has 1 aromatic rings. The summed E-state index contributed by atoms with van der Waals surface area (Å²) in [6, 6.07) is 3.57. The standard InChI is InChI=1S/C18H18O4/c1-9-7-12-11(8-13(9)22-4)10-5-6-14(19)18(2,3)15(10)17(21)16(12)20/h5-8,10,21H,1-4H3. The van der Waals surface area contributed by atoms with Crippen molar-refractivity contribution >= 4 is 11.6 Å². The number of methoxy groups -OCH3 is 1. The summed E-state index contributed by atoms with van der Waals surface area (Å²) in [5.74, 6) is -0.432. The number of hydrogen-bond donors (Lipinski definition) is 1. The fourth-order valence-corrected chi connectivity index (χ4v) is 3.34. The second kappa shape index (κ2) is 4.57. The number of hydrogen-bond acceptors (Lipinski definition) is 4. The molecule has 4 nitrogen and oxygen atoms in total. The van der Waals surface area contributed by atoms with Crippen LogP contribution in [0.25, 0.3) is 0 Å². The zero-order valence-corrected chi connectivity index (χ0v) is 13.1. The molecular weight excluding hydrogens is 280 g/mol. The summed E-state index contributed by atoms with van der Waals surface area (Å²) in [5, 5.41) is 10.4. The number of ether oxygens (including phenoxy) is 1. The maximum atomic E-state index is 12.5. The van der Waals surface area contributed by atoms with Crippen molar-refractivity contribution in [2.45, 2.75) is 26.7 Å². The molecule has 0 radical (unpaired) electrons. The van der Waals surface area contributed by atoms with Gasteiger partial charge in [-0.15, -0.1) is 0 Å². The number of allylic oxidation sites excluding steroid dienone is 4. The summed E-state index contributed by atoms with van der Waals surface area (Å²) < 4.78 is 5.35. The molecule has 0 fully saturated rings. The van der Waals surface area contributed by atoms with Crippen LogP contribution in [-0.2, 0) is 4.79 Å². The topological polar surface area (TPSA) is 63.6 Å². The van der Waals surface area contributed by atoms with Crippen molar-refractivity contribution in [3.8, 4) is 5.75 Å². The highest BCUT2D eigenvalue weighted by Gasteiger charge is 2.45. The van der Waals surface area contributed by atoms with Crippen LogP contribution < -0.4 is 4.74 Å². The van der Waals surface area contributed by atoms with Crippen molar-refractivity contribution in [2.24, 2.45) is 5.41 Å². The van der Waals surface area contributed by atoms with Crippen molar-refractivity contribution in [2.75, 3.05) is 7.11 Å². The smallest absolute Gasteiger partial charge is 0.227 e. The van der Waals surface area contributed by atoms with Gasteiger partial charge < -0.3 is 9.84 Å². The van der Waals surface area contributed by atoms with Gasteiger partial charge in [-0.05, 0) is 50.1 Å². The third-order valence-electron chi connectivity index (χ3n) is 4.66. The number of carbonyl (C=O) groups excluding carboxylic acids is 2. The molecule has 114 valence electrons. The van der Waals surface area contributed by atoms with Crippen LogP contribution in [0.3, 0.4) is 0 Å². The summed E-state index contributed by atoms with van der Waals surface area (Å²) in [6.45, 7) is 5.33. The Morgan fingerprint density at radius 2 is 1.91 bits per heavy atom. The van der Waals surface area contributed by atoms with Gasteiger partial charge in [0, 0.05) is 17.1 Å². The van der Waals surface area contributed by atoms with Gasteiger partial charge >= 0.3 is 0 Å². The molecule has 2 aliphatic carbocycles. The van der Waals surface area contributed by atoms with E-state index in [0.717, 1.165) is 11.1 Å². The Balaban J connectivity index is 2.32. The number of Topliss-reactive ketones (excluding diaryl/α,β-unsaturated/α-hetero) is 1. The minimum Gasteiger partial charge on any atom is -0.504 e. The second-order valence-electron chi connectivity index (χ2n) is 6.33. The maximum absolute atomic E-state index is 12.5. The molecule has 0 spiro atoms. The zero-order valence-electron chi connectivity index (χ0n) is 13.1. The molecule has 1 aromatic carbocycles. The van der Waals surface area contributed by atoms with Gasteiger partial charge in [0.25, 0.3) is 0 Å². The first-order chi connectivity index (χ1) is 10.3. The average Bonchev–Trinajstić information content (AvgIpc) is 2.47. The Labute approximate surface area is 129 Å². The van der Waals surface area contributed by atoms with E-state index >= 15 is 0 Å². The van der Waals surface area contributed by atoms with E-state index in [-0.39, 0.29) is 17.5 Å².